The quantitative estimate of drug-likeness (QED) is 0.152. The summed E-state index contributed by atoms with van der Waals surface area (Å²) in [6.45, 7) is 5.90. The third-order valence-corrected chi connectivity index (χ3v) is 18.4. The number of hydrogen-bond donors (Lipinski definition) is 0. The molecule has 0 aliphatic carbocycles. The van der Waals surface area contributed by atoms with E-state index in [0.717, 1.165) is 17.7 Å². The third kappa shape index (κ3) is 12.4. The van der Waals surface area contributed by atoms with Gasteiger partial charge in [0.05, 0.1) is 0 Å². The Morgan fingerprint density at radius 3 is 1.31 bits per heavy atom. The second kappa shape index (κ2) is 21.4. The molecule has 6 nitrogen and oxygen atoms in total. The third-order valence-electron chi connectivity index (χ3n) is 7.67. The molecule has 0 spiro atoms. The summed E-state index contributed by atoms with van der Waals surface area (Å²) < 4.78 is 32.2. The topological polar surface area (TPSA) is 55.4 Å². The monoisotopic (exact) mass is 848 g/mol. The van der Waals surface area contributed by atoms with Gasteiger partial charge in [-0.3, -0.25) is 0 Å². The summed E-state index contributed by atoms with van der Waals surface area (Å²) in [6, 6.07) is 30.1. The fourth-order valence-electron chi connectivity index (χ4n) is 4.39. The van der Waals surface area contributed by atoms with E-state index in [1.54, 1.807) is 35.5 Å². The van der Waals surface area contributed by atoms with Crippen LogP contribution in [-0.2, 0) is 26.9 Å². The summed E-state index contributed by atoms with van der Waals surface area (Å²) in [7, 11) is 3.79. The van der Waals surface area contributed by atoms with E-state index in [2.05, 4.69) is 107 Å². The van der Waals surface area contributed by atoms with Crippen molar-refractivity contribution in [2.45, 2.75) is 65.1 Å². The van der Waals surface area contributed by atoms with Crippen LogP contribution >= 0.6 is 63.0 Å². The Hall–Kier alpha value is -0.280. The minimum absolute atomic E-state index is 0. The van der Waals surface area contributed by atoms with Crippen LogP contribution in [0.25, 0.3) is 0 Å². The van der Waals surface area contributed by atoms with Gasteiger partial charge in [-0.2, -0.15) is 0 Å². The number of halogens is 1. The van der Waals surface area contributed by atoms with Crippen molar-refractivity contribution in [2.24, 2.45) is 0 Å². The van der Waals surface area contributed by atoms with E-state index < -0.39 is 17.4 Å². The predicted molar refractivity (Wildman–Crippen MR) is 216 cm³/mol. The molecule has 1 fully saturated rings. The van der Waals surface area contributed by atoms with Crippen molar-refractivity contribution in [1.29, 1.82) is 0 Å². The Labute approximate surface area is 338 Å². The molecule has 7 rings (SSSR count). The zero-order valence-electron chi connectivity index (χ0n) is 31.1. The molecule has 0 N–H and O–H groups in total. The van der Waals surface area contributed by atoms with Crippen LogP contribution in [0.15, 0.2) is 129 Å². The first-order valence-corrected chi connectivity index (χ1v) is 23.9. The summed E-state index contributed by atoms with van der Waals surface area (Å²) in [5.74, 6) is 0. The Morgan fingerprint density at radius 1 is 0.551 bits per heavy atom. The molecule has 4 aromatic rings. The average molecular weight is 850 g/mol. The first-order chi connectivity index (χ1) is 23.2. The molecule has 3 heterocycles. The first-order valence-electron chi connectivity index (χ1n) is 15.3. The molecule has 0 bridgehead atoms. The Kier molecular flexibility index (Phi) is 18.9. The van der Waals surface area contributed by atoms with Crippen LogP contribution in [0.4, 0.5) is 0 Å². The molecule has 49 heavy (non-hydrogen) atoms. The number of fused-ring (bicyclic) bond motifs is 4. The largest absolute Gasteiger partial charge is 2.00 e. The molecule has 0 radical (unpaired) electrons. The second-order valence-electron chi connectivity index (χ2n) is 10.7. The molecule has 262 valence electrons. The van der Waals surface area contributed by atoms with Crippen LogP contribution in [0.1, 0.15) is 15.7 Å². The molecule has 0 saturated carbocycles. The second-order valence-corrected chi connectivity index (χ2v) is 22.2. The molecule has 3 aliphatic rings. The molecule has 14 heteroatoms. The van der Waals surface area contributed by atoms with E-state index >= 15 is 0 Å². The minimum Gasteiger partial charge on any atom is -1.00 e. The van der Waals surface area contributed by atoms with Crippen molar-refractivity contribution in [2.75, 3.05) is 48.8 Å². The maximum Gasteiger partial charge on any atom is 2.00 e. The Bertz CT molecular complexity index is 1620. The normalized spacial score (nSPS) is 14.0. The van der Waals surface area contributed by atoms with E-state index in [-0.39, 0.29) is 25.9 Å². The van der Waals surface area contributed by atoms with E-state index in [1.807, 2.05) is 53.6 Å². The summed E-state index contributed by atoms with van der Waals surface area (Å²) in [4.78, 5) is 10.7. The van der Waals surface area contributed by atoms with Gasteiger partial charge in [-0.1, -0.05) is 93.3 Å². The minimum atomic E-state index is -2.25. The van der Waals surface area contributed by atoms with Crippen LogP contribution in [-0.4, -0.2) is 89.2 Å². The van der Waals surface area contributed by atoms with E-state index in [9.17, 15) is 0 Å². The van der Waals surface area contributed by atoms with Gasteiger partial charge < -0.3 is 29.7 Å². The molecule has 0 atom stereocenters. The van der Waals surface area contributed by atoms with Gasteiger partial charge >= 0.3 is 40.4 Å². The maximum absolute atomic E-state index is 5.63. The number of rotatable bonds is 6. The van der Waals surface area contributed by atoms with Crippen molar-refractivity contribution < 1.29 is 29.7 Å². The van der Waals surface area contributed by atoms with Crippen molar-refractivity contribution in [3.05, 3.63) is 89.4 Å². The zero-order valence-corrected chi connectivity index (χ0v) is 37.3. The standard InChI is InChI=1S/C15H16O2S2Si.C12H7BrS2.C4H12O3Si.C4H8O.Mg.2H/c1-16-20(3,17-2)11-8-9-14-15(10-11)19-13-7-5-4-6-12(13)18-14;13-8-5-6-11-12(7-8)15-10-4-2-1-3-9(10)14-11;1-5-8(4,6-2)7-3;1-2-4-5-3-1;;;/h4-10H,1-3H3;1-7H;1-4H3;1-4H2;;;/q;;;;+2;2*-1. The van der Waals surface area contributed by atoms with Crippen molar-refractivity contribution >= 4 is 109 Å². The van der Waals surface area contributed by atoms with Crippen LogP contribution < -0.4 is 5.19 Å². The van der Waals surface area contributed by atoms with Gasteiger partial charge in [-0.05, 0) is 79.2 Å². The van der Waals surface area contributed by atoms with Gasteiger partial charge in [0.2, 0.25) is 0 Å². The van der Waals surface area contributed by atoms with Crippen molar-refractivity contribution in [1.82, 2.24) is 0 Å². The number of ether oxygens (including phenoxy) is 1. The summed E-state index contributed by atoms with van der Waals surface area (Å²) in [6.07, 6.45) is 2.56. The maximum atomic E-state index is 5.63. The molecule has 0 unspecified atom stereocenters. The molecule has 1 saturated heterocycles. The average Bonchev–Trinajstić information content (AvgIpc) is 3.73. The summed E-state index contributed by atoms with van der Waals surface area (Å²) in [5.41, 5.74) is 0. The van der Waals surface area contributed by atoms with E-state index in [1.165, 1.54) is 57.2 Å². The van der Waals surface area contributed by atoms with Crippen LogP contribution in [0.3, 0.4) is 0 Å². The Morgan fingerprint density at radius 2 is 0.939 bits per heavy atom. The zero-order chi connectivity index (χ0) is 34.6. The van der Waals surface area contributed by atoms with Gasteiger partial charge in [-0.15, -0.1) is 0 Å². The molecule has 0 aromatic heterocycles. The van der Waals surface area contributed by atoms with Gasteiger partial charge in [0.1, 0.15) is 0 Å². The van der Waals surface area contributed by atoms with Crippen LogP contribution in [0.5, 0.6) is 0 Å². The van der Waals surface area contributed by atoms with Crippen LogP contribution in [0, 0.1) is 0 Å². The van der Waals surface area contributed by atoms with Gasteiger partial charge in [0.15, 0.2) is 0 Å². The Balaban J connectivity index is 0.000000371. The predicted octanol–water partition coefficient (Wildman–Crippen LogP) is 10.1. The summed E-state index contributed by atoms with van der Waals surface area (Å²) >= 11 is 10.9. The number of benzene rings is 4. The summed E-state index contributed by atoms with van der Waals surface area (Å²) in [5, 5.41) is 1.17. The molecular weight excluding hydrogens is 805 g/mol. The number of hydrogen-bond acceptors (Lipinski definition) is 10. The van der Waals surface area contributed by atoms with Gasteiger partial charge in [0, 0.05) is 98.9 Å². The molecule has 0 amide bonds. The van der Waals surface area contributed by atoms with Gasteiger partial charge in [-0.25, -0.2) is 0 Å². The van der Waals surface area contributed by atoms with Crippen molar-refractivity contribution in [3.8, 4) is 0 Å². The smallest absolute Gasteiger partial charge is 1.00 e. The fraction of sp³-hybridized carbons (Fsp3) is 0.314. The first kappa shape index (κ1) is 43.1. The molecular formula is C35H45BrMgO6S4Si2. The molecule has 3 aliphatic heterocycles. The molecule has 4 aromatic carbocycles. The fourth-order valence-corrected chi connectivity index (χ4v) is 11.4. The van der Waals surface area contributed by atoms with E-state index in [4.69, 9.17) is 26.9 Å². The van der Waals surface area contributed by atoms with Crippen LogP contribution in [0.2, 0.25) is 13.1 Å². The SMILES string of the molecule is Brc1ccc2c(c1)Sc1ccccc1S2.C1CCOC1.CO[Si](C)(OC)OC.CO[Si](C)(OC)c1ccc2c(c1)Sc1ccccc1S2.[H-].[H-].[Mg+2]. The van der Waals surface area contributed by atoms with Crippen molar-refractivity contribution in [3.63, 3.8) is 0 Å². The van der Waals surface area contributed by atoms with Gasteiger partial charge in [0.25, 0.3) is 0 Å². The van der Waals surface area contributed by atoms with E-state index in [0.29, 0.717) is 0 Å².